The van der Waals surface area contributed by atoms with Crippen molar-refractivity contribution < 1.29 is 19.1 Å². The van der Waals surface area contributed by atoms with Crippen LogP contribution in [0.3, 0.4) is 0 Å². The third kappa shape index (κ3) is 4.30. The van der Waals surface area contributed by atoms with Gasteiger partial charge >= 0.3 is 6.03 Å². The smallest absolute Gasteiger partial charge is 0.319 e. The molecule has 1 aliphatic rings. The largest absolute Gasteiger partial charge is 0.497 e. The third-order valence-electron chi connectivity index (χ3n) is 4.71. The van der Waals surface area contributed by atoms with Crippen LogP contribution < -0.4 is 25.4 Å². The lowest BCUT2D eigenvalue weighted by atomic mass is 9.93. The molecule has 0 saturated carbocycles. The zero-order valence-electron chi connectivity index (χ0n) is 16.6. The van der Waals surface area contributed by atoms with Gasteiger partial charge in [-0.3, -0.25) is 4.79 Å². The first-order valence-corrected chi connectivity index (χ1v) is 9.29. The first-order valence-electron chi connectivity index (χ1n) is 8.91. The number of carbonyl (C=O) groups is 2. The lowest BCUT2D eigenvalue weighted by molar-refractivity contribution is -0.113. The first-order chi connectivity index (χ1) is 13.8. The number of hydrogen-bond acceptors (Lipinski definition) is 4. The molecule has 2 aromatic rings. The number of amides is 3. The fourth-order valence-corrected chi connectivity index (χ4v) is 3.38. The number of halogens is 1. The van der Waals surface area contributed by atoms with Crippen molar-refractivity contribution in [2.45, 2.75) is 19.9 Å². The van der Waals surface area contributed by atoms with Crippen LogP contribution in [0.4, 0.5) is 10.5 Å². The summed E-state index contributed by atoms with van der Waals surface area (Å²) < 4.78 is 10.8. The molecule has 3 rings (SSSR count). The molecular formula is C21H22ClN3O4. The number of nitrogens with one attached hydrogen (secondary N) is 3. The van der Waals surface area contributed by atoms with Gasteiger partial charge in [-0.05, 0) is 49.7 Å². The van der Waals surface area contributed by atoms with Crippen LogP contribution in [0.15, 0.2) is 47.7 Å². The minimum absolute atomic E-state index is 0.357. The molecule has 3 N–H and O–H groups in total. The van der Waals surface area contributed by atoms with Crippen molar-refractivity contribution in [2.24, 2.45) is 0 Å². The van der Waals surface area contributed by atoms with Crippen LogP contribution in [-0.2, 0) is 4.79 Å². The molecule has 152 valence electrons. The molecule has 0 aliphatic carbocycles. The number of benzene rings is 2. The average Bonchev–Trinajstić information content (AvgIpc) is 2.69. The average molecular weight is 416 g/mol. The normalized spacial score (nSPS) is 16.0. The molecule has 0 spiro atoms. The summed E-state index contributed by atoms with van der Waals surface area (Å²) >= 11 is 6.07. The minimum Gasteiger partial charge on any atom is -0.497 e. The fourth-order valence-electron chi connectivity index (χ4n) is 3.21. The molecule has 7 nitrogen and oxygen atoms in total. The number of anilines is 1. The molecule has 1 heterocycles. The Hall–Kier alpha value is -3.19. The van der Waals surface area contributed by atoms with Gasteiger partial charge in [0.15, 0.2) is 0 Å². The van der Waals surface area contributed by atoms with Crippen LogP contribution in [0.5, 0.6) is 11.5 Å². The molecule has 3 amide bonds. The fraction of sp³-hybridized carbons (Fsp3) is 0.238. The Labute approximate surface area is 174 Å². The van der Waals surface area contributed by atoms with E-state index in [-0.39, 0.29) is 5.91 Å². The molecule has 0 radical (unpaired) electrons. The minimum atomic E-state index is -0.728. The lowest BCUT2D eigenvalue weighted by Crippen LogP contribution is -2.46. The second-order valence-corrected chi connectivity index (χ2v) is 7.03. The zero-order valence-corrected chi connectivity index (χ0v) is 17.3. The molecule has 2 aromatic carbocycles. The molecule has 0 aromatic heterocycles. The number of urea groups is 1. The van der Waals surface area contributed by atoms with Gasteiger partial charge in [-0.1, -0.05) is 17.7 Å². The summed E-state index contributed by atoms with van der Waals surface area (Å²) in [5.41, 5.74) is 2.87. The Kier molecular flexibility index (Phi) is 5.98. The zero-order chi connectivity index (χ0) is 21.1. The molecule has 1 atom stereocenters. The summed E-state index contributed by atoms with van der Waals surface area (Å²) in [7, 11) is 3.07. The van der Waals surface area contributed by atoms with Crippen LogP contribution >= 0.6 is 11.6 Å². The number of carbonyl (C=O) groups excluding carboxylic acids is 2. The van der Waals surface area contributed by atoms with Crippen molar-refractivity contribution in [1.29, 1.82) is 0 Å². The van der Waals surface area contributed by atoms with Crippen molar-refractivity contribution in [1.82, 2.24) is 10.6 Å². The van der Waals surface area contributed by atoms with Crippen molar-refractivity contribution in [3.05, 3.63) is 63.8 Å². The van der Waals surface area contributed by atoms with Gasteiger partial charge in [-0.15, -0.1) is 0 Å². The predicted octanol–water partition coefficient (Wildman–Crippen LogP) is 3.93. The Morgan fingerprint density at radius 2 is 1.86 bits per heavy atom. The van der Waals surface area contributed by atoms with E-state index in [9.17, 15) is 9.59 Å². The molecule has 29 heavy (non-hydrogen) atoms. The Bertz CT molecular complexity index is 1000. The van der Waals surface area contributed by atoms with E-state index in [0.29, 0.717) is 39.0 Å². The standard InChI is InChI=1S/C21H22ClN3O4/c1-11-5-6-13(22)9-16(11)24-20(26)18-12(2)23-21(27)25-19(18)15-10-14(28-3)7-8-17(15)29-4/h5-10,19H,1-4H3,(H,24,26)(H2,23,25,27)/t19-/m1/s1. The SMILES string of the molecule is COc1ccc(OC)c([C@H]2NC(=O)NC(C)=C2C(=O)Nc2cc(Cl)ccc2C)c1. The third-order valence-corrected chi connectivity index (χ3v) is 4.94. The van der Waals surface area contributed by atoms with E-state index in [2.05, 4.69) is 16.0 Å². The molecule has 8 heteroatoms. The van der Waals surface area contributed by atoms with Crippen molar-refractivity contribution in [3.8, 4) is 11.5 Å². The van der Waals surface area contributed by atoms with Gasteiger partial charge in [0, 0.05) is 22.0 Å². The first kappa shape index (κ1) is 20.5. The van der Waals surface area contributed by atoms with E-state index in [1.807, 2.05) is 13.0 Å². The number of aryl methyl sites for hydroxylation is 1. The van der Waals surface area contributed by atoms with E-state index < -0.39 is 12.1 Å². The molecule has 0 saturated heterocycles. The summed E-state index contributed by atoms with van der Waals surface area (Å²) in [6.45, 7) is 3.55. The quantitative estimate of drug-likeness (QED) is 0.690. The van der Waals surface area contributed by atoms with Crippen LogP contribution in [0, 0.1) is 6.92 Å². The van der Waals surface area contributed by atoms with E-state index in [4.69, 9.17) is 21.1 Å². The van der Waals surface area contributed by atoms with Crippen LogP contribution in [0.1, 0.15) is 24.1 Å². The summed E-state index contributed by atoms with van der Waals surface area (Å²) in [6.07, 6.45) is 0. The topological polar surface area (TPSA) is 88.7 Å². The Morgan fingerprint density at radius 1 is 1.10 bits per heavy atom. The highest BCUT2D eigenvalue weighted by Crippen LogP contribution is 2.36. The lowest BCUT2D eigenvalue weighted by Gasteiger charge is -2.30. The van der Waals surface area contributed by atoms with Crippen molar-refractivity contribution in [3.63, 3.8) is 0 Å². The summed E-state index contributed by atoms with van der Waals surface area (Å²) in [6, 6.07) is 9.33. The maximum Gasteiger partial charge on any atom is 0.319 e. The number of hydrogen-bond donors (Lipinski definition) is 3. The molecule has 0 bridgehead atoms. The van der Waals surface area contributed by atoms with Gasteiger partial charge < -0.3 is 25.4 Å². The maximum absolute atomic E-state index is 13.2. The number of allylic oxidation sites excluding steroid dienone is 1. The van der Waals surface area contributed by atoms with Gasteiger partial charge in [0.05, 0.1) is 25.8 Å². The van der Waals surface area contributed by atoms with E-state index in [1.54, 1.807) is 44.4 Å². The van der Waals surface area contributed by atoms with Gasteiger partial charge in [0.1, 0.15) is 11.5 Å². The Morgan fingerprint density at radius 3 is 2.55 bits per heavy atom. The van der Waals surface area contributed by atoms with E-state index in [1.165, 1.54) is 7.11 Å². The monoisotopic (exact) mass is 415 g/mol. The Balaban J connectivity index is 2.05. The summed E-state index contributed by atoms with van der Waals surface area (Å²) in [5.74, 6) is 0.738. The molecular weight excluding hydrogens is 394 g/mol. The second kappa shape index (κ2) is 8.45. The van der Waals surface area contributed by atoms with Crippen LogP contribution in [-0.4, -0.2) is 26.2 Å². The number of methoxy groups -OCH3 is 2. The van der Waals surface area contributed by atoms with Crippen LogP contribution in [0.25, 0.3) is 0 Å². The number of ether oxygens (including phenoxy) is 2. The molecule has 0 unspecified atom stereocenters. The van der Waals surface area contributed by atoms with Crippen LogP contribution in [0.2, 0.25) is 5.02 Å². The van der Waals surface area contributed by atoms with E-state index in [0.717, 1.165) is 5.56 Å². The second-order valence-electron chi connectivity index (χ2n) is 6.59. The van der Waals surface area contributed by atoms with Gasteiger partial charge in [0.2, 0.25) is 0 Å². The summed E-state index contributed by atoms with van der Waals surface area (Å²) in [4.78, 5) is 25.4. The molecule has 0 fully saturated rings. The molecule has 1 aliphatic heterocycles. The van der Waals surface area contributed by atoms with Gasteiger partial charge in [0.25, 0.3) is 5.91 Å². The number of rotatable bonds is 5. The maximum atomic E-state index is 13.2. The van der Waals surface area contributed by atoms with Gasteiger partial charge in [-0.25, -0.2) is 4.79 Å². The van der Waals surface area contributed by atoms with Crippen molar-refractivity contribution in [2.75, 3.05) is 19.5 Å². The highest BCUT2D eigenvalue weighted by Gasteiger charge is 2.33. The highest BCUT2D eigenvalue weighted by atomic mass is 35.5. The summed E-state index contributed by atoms with van der Waals surface area (Å²) in [5, 5.41) is 8.86. The predicted molar refractivity (Wildman–Crippen MR) is 111 cm³/mol. The van der Waals surface area contributed by atoms with Gasteiger partial charge in [-0.2, -0.15) is 0 Å². The highest BCUT2D eigenvalue weighted by molar-refractivity contribution is 6.31. The van der Waals surface area contributed by atoms with E-state index >= 15 is 0 Å². The van der Waals surface area contributed by atoms with Crippen molar-refractivity contribution >= 4 is 29.2 Å².